The molecular formula is C21H21F4N3O3. The highest BCUT2D eigenvalue weighted by atomic mass is 19.4. The number of halogens is 4. The third-order valence-electron chi connectivity index (χ3n) is 4.94. The van der Waals surface area contributed by atoms with Crippen LogP contribution in [0.1, 0.15) is 35.6 Å². The molecule has 0 aromatic heterocycles. The maximum absolute atomic E-state index is 13.3. The molecule has 3 unspecified atom stereocenters. The molecule has 6 nitrogen and oxygen atoms in total. The van der Waals surface area contributed by atoms with Crippen LogP contribution in [0.3, 0.4) is 0 Å². The summed E-state index contributed by atoms with van der Waals surface area (Å²) in [5.41, 5.74) is 4.92. The predicted octanol–water partition coefficient (Wildman–Crippen LogP) is 3.27. The van der Waals surface area contributed by atoms with Crippen molar-refractivity contribution in [1.82, 2.24) is 10.6 Å². The van der Waals surface area contributed by atoms with Gasteiger partial charge in [-0.05, 0) is 48.2 Å². The second kappa shape index (κ2) is 9.34. The highest BCUT2D eigenvalue weighted by Crippen LogP contribution is 2.32. The van der Waals surface area contributed by atoms with Gasteiger partial charge < -0.3 is 21.1 Å². The van der Waals surface area contributed by atoms with Crippen LogP contribution >= 0.6 is 0 Å². The molecule has 3 amide bonds. The van der Waals surface area contributed by atoms with Crippen molar-refractivity contribution in [2.75, 3.05) is 6.54 Å². The van der Waals surface area contributed by atoms with Crippen LogP contribution in [0.5, 0.6) is 0 Å². The van der Waals surface area contributed by atoms with Crippen molar-refractivity contribution in [3.05, 3.63) is 71.0 Å². The number of urea groups is 1. The van der Waals surface area contributed by atoms with E-state index in [1.807, 2.05) is 0 Å². The molecule has 2 aromatic carbocycles. The summed E-state index contributed by atoms with van der Waals surface area (Å²) in [5, 5.41) is 5.21. The van der Waals surface area contributed by atoms with Crippen LogP contribution in [0.25, 0.3) is 0 Å². The molecule has 3 rings (SSSR count). The van der Waals surface area contributed by atoms with Gasteiger partial charge in [-0.2, -0.15) is 13.2 Å². The lowest BCUT2D eigenvalue weighted by Crippen LogP contribution is -2.42. The van der Waals surface area contributed by atoms with E-state index in [0.717, 1.165) is 24.3 Å². The number of alkyl halides is 3. The lowest BCUT2D eigenvalue weighted by atomic mass is 9.97. The van der Waals surface area contributed by atoms with Crippen LogP contribution in [0.15, 0.2) is 48.5 Å². The molecule has 1 saturated heterocycles. The van der Waals surface area contributed by atoms with E-state index in [2.05, 4.69) is 10.6 Å². The standard InChI is InChI=1S/C21H21F4N3O3/c22-15-6-4-12(5-7-15)18(13-2-1-3-14(10-13)21(23,24)25)28-20(30)27-11-16-8-9-17(31-16)19(26)29/h1-7,10,16-18H,8-9,11H2,(H2,26,29)(H2,27,28,30). The fraction of sp³-hybridized carbons (Fsp3) is 0.333. The number of amides is 3. The second-order valence-electron chi connectivity index (χ2n) is 7.19. The summed E-state index contributed by atoms with van der Waals surface area (Å²) in [4.78, 5) is 23.6. The zero-order valence-corrected chi connectivity index (χ0v) is 16.3. The Kier molecular flexibility index (Phi) is 6.79. The van der Waals surface area contributed by atoms with Crippen LogP contribution in [0, 0.1) is 5.82 Å². The highest BCUT2D eigenvalue weighted by molar-refractivity contribution is 5.79. The summed E-state index contributed by atoms with van der Waals surface area (Å²) in [6.07, 6.45) is -4.68. The second-order valence-corrected chi connectivity index (χ2v) is 7.19. The van der Waals surface area contributed by atoms with E-state index < -0.39 is 47.7 Å². The summed E-state index contributed by atoms with van der Waals surface area (Å²) in [6, 6.07) is 8.03. The number of benzene rings is 2. The van der Waals surface area contributed by atoms with Crippen molar-refractivity contribution in [1.29, 1.82) is 0 Å². The molecule has 2 aromatic rings. The van der Waals surface area contributed by atoms with Crippen molar-refractivity contribution >= 4 is 11.9 Å². The van der Waals surface area contributed by atoms with Gasteiger partial charge in [-0.3, -0.25) is 4.79 Å². The molecular weight excluding hydrogens is 418 g/mol. The van der Waals surface area contributed by atoms with E-state index in [4.69, 9.17) is 10.5 Å². The maximum atomic E-state index is 13.3. The van der Waals surface area contributed by atoms with Crippen LogP contribution < -0.4 is 16.4 Å². The first-order chi connectivity index (χ1) is 14.6. The molecule has 0 saturated carbocycles. The van der Waals surface area contributed by atoms with Gasteiger partial charge >= 0.3 is 12.2 Å². The van der Waals surface area contributed by atoms with Crippen LogP contribution in [0.4, 0.5) is 22.4 Å². The number of rotatable bonds is 6. The monoisotopic (exact) mass is 439 g/mol. The number of nitrogens with two attached hydrogens (primary N) is 1. The molecule has 1 aliphatic heterocycles. The minimum Gasteiger partial charge on any atom is -0.367 e. The Bertz CT molecular complexity index is 934. The number of carbonyl (C=O) groups excluding carboxylic acids is 2. The number of carbonyl (C=O) groups is 2. The highest BCUT2D eigenvalue weighted by Gasteiger charge is 2.32. The third kappa shape index (κ3) is 5.94. The molecule has 1 heterocycles. The minimum absolute atomic E-state index is 0.0916. The topological polar surface area (TPSA) is 93.5 Å². The van der Waals surface area contributed by atoms with E-state index in [1.165, 1.54) is 24.3 Å². The first kappa shape index (κ1) is 22.5. The fourth-order valence-corrected chi connectivity index (χ4v) is 3.36. The molecule has 166 valence electrons. The lowest BCUT2D eigenvalue weighted by Gasteiger charge is -2.22. The summed E-state index contributed by atoms with van der Waals surface area (Å²) < 4.78 is 58.2. The third-order valence-corrected chi connectivity index (χ3v) is 4.94. The van der Waals surface area contributed by atoms with E-state index in [0.29, 0.717) is 18.4 Å². The molecule has 31 heavy (non-hydrogen) atoms. The van der Waals surface area contributed by atoms with Gasteiger partial charge in [0, 0.05) is 6.54 Å². The minimum atomic E-state index is -4.55. The molecule has 0 bridgehead atoms. The average Bonchev–Trinajstić information content (AvgIpc) is 3.20. The van der Waals surface area contributed by atoms with Gasteiger partial charge in [0.2, 0.25) is 5.91 Å². The summed E-state index contributed by atoms with van der Waals surface area (Å²) in [6.45, 7) is 0.0916. The number of ether oxygens (including phenoxy) is 1. The Morgan fingerprint density at radius 2 is 1.81 bits per heavy atom. The van der Waals surface area contributed by atoms with Gasteiger partial charge in [0.05, 0.1) is 17.7 Å². The number of hydrogen-bond acceptors (Lipinski definition) is 3. The number of nitrogens with one attached hydrogen (secondary N) is 2. The molecule has 0 radical (unpaired) electrons. The van der Waals surface area contributed by atoms with Crippen LogP contribution in [0.2, 0.25) is 0 Å². The quantitative estimate of drug-likeness (QED) is 0.603. The van der Waals surface area contributed by atoms with Gasteiger partial charge in [-0.25, -0.2) is 9.18 Å². The van der Waals surface area contributed by atoms with Crippen LogP contribution in [-0.4, -0.2) is 30.7 Å². The van der Waals surface area contributed by atoms with E-state index >= 15 is 0 Å². The average molecular weight is 439 g/mol. The van der Waals surface area contributed by atoms with Crippen molar-refractivity contribution < 1.29 is 31.9 Å². The van der Waals surface area contributed by atoms with Gasteiger partial charge in [0.15, 0.2) is 0 Å². The molecule has 3 atom stereocenters. The van der Waals surface area contributed by atoms with Gasteiger partial charge in [-0.15, -0.1) is 0 Å². The van der Waals surface area contributed by atoms with E-state index in [9.17, 15) is 27.2 Å². The normalized spacial score (nSPS) is 19.6. The van der Waals surface area contributed by atoms with Crippen molar-refractivity contribution in [2.24, 2.45) is 5.73 Å². The molecule has 0 aliphatic carbocycles. The van der Waals surface area contributed by atoms with E-state index in [1.54, 1.807) is 0 Å². The van der Waals surface area contributed by atoms with E-state index in [-0.39, 0.29) is 12.1 Å². The predicted molar refractivity (Wildman–Crippen MR) is 103 cm³/mol. The van der Waals surface area contributed by atoms with Gasteiger partial charge in [-0.1, -0.05) is 24.3 Å². The Morgan fingerprint density at radius 1 is 1.10 bits per heavy atom. The molecule has 1 fully saturated rings. The number of hydrogen-bond donors (Lipinski definition) is 3. The molecule has 1 aliphatic rings. The SMILES string of the molecule is NC(=O)C1CCC(CNC(=O)NC(c2ccc(F)cc2)c2cccc(C(F)(F)F)c2)O1. The smallest absolute Gasteiger partial charge is 0.367 e. The zero-order chi connectivity index (χ0) is 22.6. The van der Waals surface area contributed by atoms with Crippen LogP contribution in [-0.2, 0) is 15.7 Å². The first-order valence-corrected chi connectivity index (χ1v) is 9.55. The fourth-order valence-electron chi connectivity index (χ4n) is 3.36. The van der Waals surface area contributed by atoms with Gasteiger partial charge in [0.25, 0.3) is 0 Å². The maximum Gasteiger partial charge on any atom is 0.416 e. The Labute approximate surface area is 175 Å². The Morgan fingerprint density at radius 3 is 2.42 bits per heavy atom. The summed E-state index contributed by atoms with van der Waals surface area (Å²) >= 11 is 0. The lowest BCUT2D eigenvalue weighted by molar-refractivity contribution is -0.137. The first-order valence-electron chi connectivity index (χ1n) is 9.55. The van der Waals surface area contributed by atoms with Crippen molar-refractivity contribution in [2.45, 2.75) is 37.3 Å². The van der Waals surface area contributed by atoms with Crippen molar-refractivity contribution in [3.63, 3.8) is 0 Å². The zero-order valence-electron chi connectivity index (χ0n) is 16.3. The van der Waals surface area contributed by atoms with Gasteiger partial charge in [0.1, 0.15) is 11.9 Å². The molecule has 4 N–H and O–H groups in total. The summed E-state index contributed by atoms with van der Waals surface area (Å²) in [7, 11) is 0. The number of primary amides is 1. The van der Waals surface area contributed by atoms with Crippen molar-refractivity contribution in [3.8, 4) is 0 Å². The Balaban J connectivity index is 1.74. The summed E-state index contributed by atoms with van der Waals surface area (Å²) in [5.74, 6) is -1.09. The molecule has 10 heteroatoms. The molecule has 0 spiro atoms. The largest absolute Gasteiger partial charge is 0.416 e. The Hall–Kier alpha value is -3.14.